The predicted molar refractivity (Wildman–Crippen MR) is 126 cm³/mol. The Hall–Kier alpha value is -4.54. The molecule has 0 aliphatic rings. The number of hydrogen-bond acceptors (Lipinski definition) is 11. The van der Waals surface area contributed by atoms with E-state index in [1.165, 1.54) is 12.1 Å². The number of anilines is 11. The minimum atomic E-state index is 0.126. The largest absolute Gasteiger partial charge is 0.398 e. The van der Waals surface area contributed by atoms with Crippen LogP contribution in [0.1, 0.15) is 0 Å². The summed E-state index contributed by atoms with van der Waals surface area (Å²) in [5.74, 6) is 0. The van der Waals surface area contributed by atoms with E-state index in [1.54, 1.807) is 6.07 Å². The zero-order valence-corrected chi connectivity index (χ0v) is 15.6. The molecule has 0 aromatic heterocycles. The normalized spacial score (nSPS) is 10.9. The second-order valence-corrected chi connectivity index (χ2v) is 6.73. The van der Waals surface area contributed by atoms with E-state index in [-0.39, 0.29) is 62.6 Å². The molecule has 0 heterocycles. The Labute approximate surface area is 166 Å². The monoisotopic (exact) mass is 395 g/mol. The van der Waals surface area contributed by atoms with Gasteiger partial charge >= 0.3 is 0 Å². The van der Waals surface area contributed by atoms with Crippen molar-refractivity contribution in [2.24, 2.45) is 0 Å². The van der Waals surface area contributed by atoms with Gasteiger partial charge in [-0.25, -0.2) is 0 Å². The third kappa shape index (κ3) is 2.68. The van der Waals surface area contributed by atoms with E-state index >= 15 is 0 Å². The van der Waals surface area contributed by atoms with Crippen LogP contribution in [0.5, 0.6) is 0 Å². The molecular formula is C18H25N11. The lowest BCUT2D eigenvalue weighted by Crippen LogP contribution is -2.10. The Kier molecular flexibility index (Phi) is 4.15. The average Bonchev–Trinajstić information content (AvgIpc) is 2.66. The molecule has 0 amide bonds. The first-order chi connectivity index (χ1) is 13.5. The van der Waals surface area contributed by atoms with Crippen molar-refractivity contribution in [1.82, 2.24) is 0 Å². The summed E-state index contributed by atoms with van der Waals surface area (Å²) < 4.78 is 0. The van der Waals surface area contributed by atoms with Gasteiger partial charge in [0.15, 0.2) is 0 Å². The van der Waals surface area contributed by atoms with Crippen LogP contribution >= 0.6 is 0 Å². The third-order valence-electron chi connectivity index (χ3n) is 4.93. The van der Waals surface area contributed by atoms with Crippen LogP contribution in [-0.4, -0.2) is 0 Å². The van der Waals surface area contributed by atoms with Crippen molar-refractivity contribution in [3.8, 4) is 22.3 Å². The molecule has 0 fully saturated rings. The molecule has 0 unspecified atom stereocenters. The van der Waals surface area contributed by atoms with Crippen molar-refractivity contribution in [2.45, 2.75) is 0 Å². The summed E-state index contributed by atoms with van der Waals surface area (Å²) in [6, 6.07) is 4.59. The fraction of sp³-hybridized carbons (Fsp3) is 0. The molecule has 3 aromatic carbocycles. The molecule has 0 aliphatic heterocycles. The Morgan fingerprint density at radius 3 is 1.21 bits per heavy atom. The predicted octanol–water partition coefficient (Wildman–Crippen LogP) is 0.425. The summed E-state index contributed by atoms with van der Waals surface area (Å²) in [5.41, 5.74) is 70.4. The second-order valence-electron chi connectivity index (χ2n) is 6.73. The lowest BCUT2D eigenvalue weighted by atomic mass is 9.91. The summed E-state index contributed by atoms with van der Waals surface area (Å²) in [5, 5.41) is 0. The van der Waals surface area contributed by atoms with Crippen molar-refractivity contribution < 1.29 is 0 Å². The first kappa shape index (κ1) is 19.2. The Bertz CT molecular complexity index is 1170. The second kappa shape index (κ2) is 6.27. The topological polar surface area (TPSA) is 286 Å². The highest BCUT2D eigenvalue weighted by Crippen LogP contribution is 2.49. The lowest BCUT2D eigenvalue weighted by Gasteiger charge is -2.21. The van der Waals surface area contributed by atoms with E-state index in [1.807, 2.05) is 0 Å². The maximum Gasteiger partial charge on any atom is 0.0809 e. The van der Waals surface area contributed by atoms with Crippen LogP contribution in [0.4, 0.5) is 62.6 Å². The Morgan fingerprint density at radius 2 is 0.655 bits per heavy atom. The van der Waals surface area contributed by atoms with Gasteiger partial charge in [0, 0.05) is 33.6 Å². The van der Waals surface area contributed by atoms with Gasteiger partial charge in [-0.1, -0.05) is 0 Å². The molecule has 29 heavy (non-hydrogen) atoms. The van der Waals surface area contributed by atoms with Crippen LogP contribution in [0, 0.1) is 0 Å². The molecule has 0 radical (unpaired) electrons. The average molecular weight is 395 g/mol. The summed E-state index contributed by atoms with van der Waals surface area (Å²) in [4.78, 5) is 0. The molecule has 11 heteroatoms. The first-order valence-corrected chi connectivity index (χ1v) is 8.41. The van der Waals surface area contributed by atoms with Crippen molar-refractivity contribution in [2.75, 3.05) is 63.1 Å². The minimum Gasteiger partial charge on any atom is -0.398 e. The van der Waals surface area contributed by atoms with Gasteiger partial charge in [-0.15, -0.1) is 0 Å². The van der Waals surface area contributed by atoms with Gasteiger partial charge in [-0.2, -0.15) is 0 Å². The molecule has 0 spiro atoms. The first-order valence-electron chi connectivity index (χ1n) is 8.41. The van der Waals surface area contributed by atoms with E-state index in [0.717, 1.165) is 0 Å². The molecule has 3 aromatic rings. The van der Waals surface area contributed by atoms with Gasteiger partial charge in [-0.3, -0.25) is 0 Å². The number of benzene rings is 3. The van der Waals surface area contributed by atoms with Gasteiger partial charge in [-0.05, 0) is 18.2 Å². The zero-order valence-electron chi connectivity index (χ0n) is 15.6. The van der Waals surface area contributed by atoms with Crippen LogP contribution in [0.15, 0.2) is 18.2 Å². The molecule has 0 bridgehead atoms. The molecule has 0 saturated heterocycles. The minimum absolute atomic E-state index is 0.126. The fourth-order valence-corrected chi connectivity index (χ4v) is 3.28. The van der Waals surface area contributed by atoms with Crippen LogP contribution < -0.4 is 63.1 Å². The van der Waals surface area contributed by atoms with Gasteiger partial charge in [0.2, 0.25) is 0 Å². The molecule has 0 saturated carbocycles. The molecule has 0 atom stereocenters. The van der Waals surface area contributed by atoms with E-state index < -0.39 is 0 Å². The quantitative estimate of drug-likeness (QED) is 0.264. The Balaban J connectivity index is 2.35. The van der Waals surface area contributed by atoms with Crippen LogP contribution in [0.25, 0.3) is 22.3 Å². The van der Waals surface area contributed by atoms with Crippen molar-refractivity contribution in [3.05, 3.63) is 18.2 Å². The molecule has 152 valence electrons. The molecule has 3 rings (SSSR count). The van der Waals surface area contributed by atoms with Crippen LogP contribution in [0.2, 0.25) is 0 Å². The van der Waals surface area contributed by atoms with Crippen molar-refractivity contribution >= 4 is 62.6 Å². The maximum absolute atomic E-state index is 6.32. The van der Waals surface area contributed by atoms with Crippen molar-refractivity contribution in [3.63, 3.8) is 0 Å². The van der Waals surface area contributed by atoms with Gasteiger partial charge in [0.25, 0.3) is 0 Å². The smallest absolute Gasteiger partial charge is 0.0809 e. The molecule has 22 N–H and O–H groups in total. The molecule has 0 aliphatic carbocycles. The highest BCUT2D eigenvalue weighted by molar-refractivity contribution is 6.09. The van der Waals surface area contributed by atoms with Gasteiger partial charge in [0.1, 0.15) is 0 Å². The van der Waals surface area contributed by atoms with Crippen LogP contribution in [-0.2, 0) is 0 Å². The fourth-order valence-electron chi connectivity index (χ4n) is 3.28. The van der Waals surface area contributed by atoms with E-state index in [9.17, 15) is 0 Å². The summed E-state index contributed by atoms with van der Waals surface area (Å²) in [6.45, 7) is 0. The number of rotatable bonds is 2. The molecular weight excluding hydrogens is 370 g/mol. The van der Waals surface area contributed by atoms with E-state index in [2.05, 4.69) is 0 Å². The number of hydrogen-bond donors (Lipinski definition) is 11. The van der Waals surface area contributed by atoms with Crippen molar-refractivity contribution in [1.29, 1.82) is 0 Å². The SMILES string of the molecule is Nc1cc(-c2c(N)cc(-c3c(N)cc(N)c(N)c3N)c(N)c2N)c(N)c(N)c1N. The van der Waals surface area contributed by atoms with Gasteiger partial charge in [0.05, 0.1) is 51.2 Å². The maximum atomic E-state index is 6.32. The Morgan fingerprint density at radius 1 is 0.310 bits per heavy atom. The summed E-state index contributed by atoms with van der Waals surface area (Å²) >= 11 is 0. The third-order valence-corrected chi connectivity index (χ3v) is 4.93. The highest BCUT2D eigenvalue weighted by Gasteiger charge is 2.22. The summed E-state index contributed by atoms with van der Waals surface area (Å²) in [6.07, 6.45) is 0. The number of nitrogens with two attached hydrogens (primary N) is 11. The lowest BCUT2D eigenvalue weighted by molar-refractivity contribution is 1.55. The van der Waals surface area contributed by atoms with E-state index in [4.69, 9.17) is 63.1 Å². The summed E-state index contributed by atoms with van der Waals surface area (Å²) in [7, 11) is 0. The van der Waals surface area contributed by atoms with Gasteiger partial charge < -0.3 is 63.1 Å². The van der Waals surface area contributed by atoms with Crippen LogP contribution in [0.3, 0.4) is 0 Å². The molecule has 11 nitrogen and oxygen atoms in total. The van der Waals surface area contributed by atoms with E-state index in [0.29, 0.717) is 22.3 Å². The zero-order chi connectivity index (χ0) is 21.8. The highest BCUT2D eigenvalue weighted by atomic mass is 14.8. The number of nitrogen functional groups attached to an aromatic ring is 11. The standard InChI is InChI=1S/C18H25N11/c19-6-1-4(11-7(20)3-9(22)14(25)17(11)28)12(23)16(27)10(6)5-2-8(21)15(26)18(29)13(5)24/h1-3H,19-29H2.